The van der Waals surface area contributed by atoms with E-state index in [2.05, 4.69) is 5.32 Å². The van der Waals surface area contributed by atoms with Crippen molar-refractivity contribution in [1.29, 1.82) is 0 Å². The minimum atomic E-state index is -0.826. The Hall–Kier alpha value is -1.10. The third kappa shape index (κ3) is 3.19. The van der Waals surface area contributed by atoms with Gasteiger partial charge in [-0.15, -0.1) is 0 Å². The number of hydrogen-bond donors (Lipinski definition) is 2. The monoisotopic (exact) mass is 241 g/mol. The fourth-order valence-corrected chi connectivity index (χ4v) is 2.15. The Bertz CT molecular complexity index is 306. The van der Waals surface area contributed by atoms with Gasteiger partial charge in [0.15, 0.2) is 0 Å². The van der Waals surface area contributed by atoms with E-state index in [4.69, 9.17) is 4.74 Å². The molecule has 1 saturated carbocycles. The van der Waals surface area contributed by atoms with E-state index in [1.165, 1.54) is 0 Å². The number of nitrogens with one attached hydrogen (secondary N) is 1. The topological polar surface area (TPSA) is 75.6 Å². The summed E-state index contributed by atoms with van der Waals surface area (Å²) in [6.07, 6.45) is 3.76. The molecule has 0 radical (unpaired) electrons. The predicted molar refractivity (Wildman–Crippen MR) is 60.5 cm³/mol. The Labute approximate surface area is 101 Å². The van der Waals surface area contributed by atoms with Gasteiger partial charge in [-0.3, -0.25) is 9.59 Å². The first-order valence-corrected chi connectivity index (χ1v) is 6.20. The van der Waals surface area contributed by atoms with Crippen LogP contribution in [0.15, 0.2) is 0 Å². The minimum Gasteiger partial charge on any atom is -0.481 e. The van der Waals surface area contributed by atoms with Crippen LogP contribution in [0.2, 0.25) is 0 Å². The van der Waals surface area contributed by atoms with E-state index in [1.807, 2.05) is 0 Å². The standard InChI is InChI=1S/C12H19NO4/c14-10(7-9-1-2-9)13-8-12(11(15)16)3-5-17-6-4-12/h9H,1-8H2,(H,13,14)(H,15,16). The van der Waals surface area contributed by atoms with Gasteiger partial charge in [-0.05, 0) is 31.6 Å². The number of ether oxygens (including phenoxy) is 1. The number of carbonyl (C=O) groups excluding carboxylic acids is 1. The summed E-state index contributed by atoms with van der Waals surface area (Å²) in [5.74, 6) is -0.308. The highest BCUT2D eigenvalue weighted by molar-refractivity contribution is 5.79. The number of hydrogen-bond acceptors (Lipinski definition) is 3. The minimum absolute atomic E-state index is 0.0142. The molecule has 2 aliphatic rings. The van der Waals surface area contributed by atoms with Crippen molar-refractivity contribution in [2.24, 2.45) is 11.3 Å². The molecule has 2 N–H and O–H groups in total. The molecule has 96 valence electrons. The van der Waals surface area contributed by atoms with Gasteiger partial charge in [0.05, 0.1) is 5.41 Å². The van der Waals surface area contributed by atoms with E-state index in [0.29, 0.717) is 38.4 Å². The van der Waals surface area contributed by atoms with Crippen molar-refractivity contribution in [2.45, 2.75) is 32.1 Å². The molecule has 2 fully saturated rings. The van der Waals surface area contributed by atoms with Crippen LogP contribution in [0.5, 0.6) is 0 Å². The van der Waals surface area contributed by atoms with Crippen LogP contribution in [0, 0.1) is 11.3 Å². The van der Waals surface area contributed by atoms with Crippen LogP contribution in [0.3, 0.4) is 0 Å². The molecular formula is C12H19NO4. The SMILES string of the molecule is O=C(CC1CC1)NCC1(C(=O)O)CCOCC1. The van der Waals surface area contributed by atoms with Gasteiger partial charge in [-0.1, -0.05) is 0 Å². The molecule has 2 rings (SSSR count). The van der Waals surface area contributed by atoms with Gasteiger partial charge in [0.1, 0.15) is 0 Å². The molecule has 5 heteroatoms. The molecule has 0 bridgehead atoms. The van der Waals surface area contributed by atoms with Gasteiger partial charge in [0.25, 0.3) is 0 Å². The highest BCUT2D eigenvalue weighted by atomic mass is 16.5. The molecular weight excluding hydrogens is 222 g/mol. The second kappa shape index (κ2) is 5.04. The molecule has 0 aromatic carbocycles. The predicted octanol–water partition coefficient (Wildman–Crippen LogP) is 0.784. The maximum Gasteiger partial charge on any atom is 0.311 e. The summed E-state index contributed by atoms with van der Waals surface area (Å²) in [5, 5.41) is 12.1. The molecule has 0 spiro atoms. The van der Waals surface area contributed by atoms with Crippen molar-refractivity contribution in [1.82, 2.24) is 5.32 Å². The van der Waals surface area contributed by atoms with Crippen LogP contribution in [-0.4, -0.2) is 36.7 Å². The van der Waals surface area contributed by atoms with Crippen LogP contribution < -0.4 is 5.32 Å². The quantitative estimate of drug-likeness (QED) is 0.746. The molecule has 17 heavy (non-hydrogen) atoms. The third-order valence-corrected chi connectivity index (χ3v) is 3.70. The maximum absolute atomic E-state index is 11.6. The highest BCUT2D eigenvalue weighted by Gasteiger charge is 2.40. The largest absolute Gasteiger partial charge is 0.481 e. The Morgan fingerprint density at radius 1 is 1.29 bits per heavy atom. The number of carboxylic acids is 1. The zero-order valence-electron chi connectivity index (χ0n) is 9.91. The van der Waals surface area contributed by atoms with E-state index in [0.717, 1.165) is 12.8 Å². The van der Waals surface area contributed by atoms with Crippen molar-refractivity contribution < 1.29 is 19.4 Å². The maximum atomic E-state index is 11.6. The van der Waals surface area contributed by atoms with Crippen LogP contribution in [-0.2, 0) is 14.3 Å². The summed E-state index contributed by atoms with van der Waals surface area (Å²) in [5.41, 5.74) is -0.822. The van der Waals surface area contributed by atoms with Gasteiger partial charge >= 0.3 is 5.97 Å². The number of carboxylic acid groups (broad SMARTS) is 1. The normalized spacial score (nSPS) is 23.1. The number of carbonyl (C=O) groups is 2. The lowest BCUT2D eigenvalue weighted by atomic mass is 9.80. The van der Waals surface area contributed by atoms with Crippen LogP contribution in [0.1, 0.15) is 32.1 Å². The average molecular weight is 241 g/mol. The Kier molecular flexibility index (Phi) is 3.66. The lowest BCUT2D eigenvalue weighted by Gasteiger charge is -2.33. The van der Waals surface area contributed by atoms with Crippen molar-refractivity contribution in [2.75, 3.05) is 19.8 Å². The Morgan fingerprint density at radius 3 is 2.47 bits per heavy atom. The zero-order chi connectivity index (χ0) is 12.3. The van der Waals surface area contributed by atoms with Gasteiger partial charge in [-0.25, -0.2) is 0 Å². The van der Waals surface area contributed by atoms with E-state index in [9.17, 15) is 14.7 Å². The second-order valence-corrected chi connectivity index (χ2v) is 5.12. The van der Waals surface area contributed by atoms with E-state index in [-0.39, 0.29) is 12.5 Å². The first-order valence-electron chi connectivity index (χ1n) is 6.20. The lowest BCUT2D eigenvalue weighted by molar-refractivity contribution is -0.154. The molecule has 0 atom stereocenters. The smallest absolute Gasteiger partial charge is 0.311 e. The van der Waals surface area contributed by atoms with Gasteiger partial charge < -0.3 is 15.2 Å². The van der Waals surface area contributed by atoms with Gasteiger partial charge in [-0.2, -0.15) is 0 Å². The fourth-order valence-electron chi connectivity index (χ4n) is 2.15. The van der Waals surface area contributed by atoms with Crippen LogP contribution in [0.25, 0.3) is 0 Å². The van der Waals surface area contributed by atoms with Crippen molar-refractivity contribution in [3.05, 3.63) is 0 Å². The Morgan fingerprint density at radius 2 is 1.94 bits per heavy atom. The van der Waals surface area contributed by atoms with Crippen LogP contribution in [0.4, 0.5) is 0 Å². The van der Waals surface area contributed by atoms with Gasteiger partial charge in [0.2, 0.25) is 5.91 Å². The van der Waals surface area contributed by atoms with Crippen molar-refractivity contribution >= 4 is 11.9 Å². The summed E-state index contributed by atoms with van der Waals surface area (Å²) in [4.78, 5) is 22.9. The van der Waals surface area contributed by atoms with Crippen molar-refractivity contribution in [3.8, 4) is 0 Å². The molecule has 1 heterocycles. The molecule has 5 nitrogen and oxygen atoms in total. The summed E-state index contributed by atoms with van der Waals surface area (Å²) in [6.45, 7) is 1.16. The highest BCUT2D eigenvalue weighted by Crippen LogP contribution is 2.33. The fraction of sp³-hybridized carbons (Fsp3) is 0.833. The molecule has 1 aliphatic carbocycles. The van der Waals surface area contributed by atoms with E-state index >= 15 is 0 Å². The summed E-state index contributed by atoms with van der Waals surface area (Å²) < 4.78 is 5.18. The molecule has 1 aliphatic heterocycles. The number of rotatable bonds is 5. The molecule has 1 saturated heterocycles. The number of amides is 1. The first kappa shape index (κ1) is 12.4. The Balaban J connectivity index is 1.83. The summed E-state index contributed by atoms with van der Waals surface area (Å²) in [7, 11) is 0. The molecule has 1 amide bonds. The average Bonchev–Trinajstić information content (AvgIpc) is 3.11. The van der Waals surface area contributed by atoms with E-state index < -0.39 is 11.4 Å². The third-order valence-electron chi connectivity index (χ3n) is 3.70. The zero-order valence-corrected chi connectivity index (χ0v) is 9.91. The molecule has 0 aromatic heterocycles. The first-order chi connectivity index (χ1) is 8.12. The van der Waals surface area contributed by atoms with Crippen LogP contribution >= 0.6 is 0 Å². The molecule has 0 aromatic rings. The van der Waals surface area contributed by atoms with E-state index in [1.54, 1.807) is 0 Å². The summed E-state index contributed by atoms with van der Waals surface area (Å²) >= 11 is 0. The van der Waals surface area contributed by atoms with Gasteiger partial charge in [0, 0.05) is 26.2 Å². The number of aliphatic carboxylic acids is 1. The molecule has 0 unspecified atom stereocenters. The second-order valence-electron chi connectivity index (χ2n) is 5.12. The lowest BCUT2D eigenvalue weighted by Crippen LogP contribution is -2.46. The summed E-state index contributed by atoms with van der Waals surface area (Å²) in [6, 6.07) is 0. The van der Waals surface area contributed by atoms with Crippen molar-refractivity contribution in [3.63, 3.8) is 0 Å².